The van der Waals surface area contributed by atoms with Gasteiger partial charge >= 0.3 is 0 Å². The van der Waals surface area contributed by atoms with Crippen molar-refractivity contribution < 1.29 is 0 Å². The van der Waals surface area contributed by atoms with Crippen molar-refractivity contribution in [3.8, 4) is 0 Å². The second-order valence-electron chi connectivity index (χ2n) is 4.09. The lowest BCUT2D eigenvalue weighted by molar-refractivity contribution is 0.325. The minimum absolute atomic E-state index is 0.750. The summed E-state index contributed by atoms with van der Waals surface area (Å²) >= 11 is 0. The molecule has 3 N–H and O–H groups in total. The fraction of sp³-hybridized carbons (Fsp3) is 0.417. The number of hydrogen-bond acceptors (Lipinski definition) is 3. The van der Waals surface area contributed by atoms with Crippen LogP contribution in [0.5, 0.6) is 0 Å². The van der Waals surface area contributed by atoms with Crippen LogP contribution in [0.4, 0.5) is 0 Å². The molecule has 0 spiro atoms. The lowest BCUT2D eigenvalue weighted by Crippen LogP contribution is -2.21. The van der Waals surface area contributed by atoms with Gasteiger partial charge in [0.25, 0.3) is 0 Å². The molecule has 0 aromatic carbocycles. The molecular formula is C12H18N4. The van der Waals surface area contributed by atoms with Gasteiger partial charge in [0.15, 0.2) is 0 Å². The zero-order valence-corrected chi connectivity index (χ0v) is 9.61. The van der Waals surface area contributed by atoms with Crippen molar-refractivity contribution >= 4 is 11.0 Å². The first-order chi connectivity index (χ1) is 7.81. The van der Waals surface area contributed by atoms with Crippen LogP contribution in [0.2, 0.25) is 0 Å². The van der Waals surface area contributed by atoms with E-state index in [2.05, 4.69) is 28.0 Å². The molecule has 4 nitrogen and oxygen atoms in total. The first-order valence-electron chi connectivity index (χ1n) is 5.61. The molecule has 4 heteroatoms. The Morgan fingerprint density at radius 2 is 2.38 bits per heavy atom. The number of nitrogens with zero attached hydrogens (tertiary/aromatic N) is 2. The highest BCUT2D eigenvalue weighted by atomic mass is 15.1. The fourth-order valence-electron chi connectivity index (χ4n) is 1.87. The summed E-state index contributed by atoms with van der Waals surface area (Å²) in [6, 6.07) is 4.07. The van der Waals surface area contributed by atoms with Crippen LogP contribution in [0, 0.1) is 0 Å². The second-order valence-corrected chi connectivity index (χ2v) is 4.09. The van der Waals surface area contributed by atoms with Crippen molar-refractivity contribution in [2.24, 2.45) is 5.73 Å². The van der Waals surface area contributed by atoms with Crippen molar-refractivity contribution in [2.75, 3.05) is 20.1 Å². The number of aromatic amines is 1. The van der Waals surface area contributed by atoms with E-state index >= 15 is 0 Å². The monoisotopic (exact) mass is 218 g/mol. The topological polar surface area (TPSA) is 57.9 Å². The average molecular weight is 218 g/mol. The molecule has 86 valence electrons. The van der Waals surface area contributed by atoms with Crippen LogP contribution in [0.1, 0.15) is 12.0 Å². The van der Waals surface area contributed by atoms with E-state index in [1.807, 2.05) is 12.3 Å². The summed E-state index contributed by atoms with van der Waals surface area (Å²) in [6.07, 6.45) is 4.88. The van der Waals surface area contributed by atoms with E-state index in [1.165, 1.54) is 10.9 Å². The predicted octanol–water partition coefficient (Wildman–Crippen LogP) is 1.34. The van der Waals surface area contributed by atoms with E-state index in [-0.39, 0.29) is 0 Å². The lowest BCUT2D eigenvalue weighted by atomic mass is 10.2. The molecule has 0 aliphatic carbocycles. The third-order valence-corrected chi connectivity index (χ3v) is 2.72. The number of pyridine rings is 1. The molecule has 2 aromatic rings. The summed E-state index contributed by atoms with van der Waals surface area (Å²) < 4.78 is 0. The molecule has 0 bridgehead atoms. The van der Waals surface area contributed by atoms with Crippen LogP contribution in [0.15, 0.2) is 24.5 Å². The van der Waals surface area contributed by atoms with Gasteiger partial charge in [0, 0.05) is 24.3 Å². The maximum absolute atomic E-state index is 5.50. The van der Waals surface area contributed by atoms with Crippen LogP contribution < -0.4 is 5.73 Å². The number of nitrogens with one attached hydrogen (secondary N) is 1. The third kappa shape index (κ3) is 2.40. The number of hydrogen-bond donors (Lipinski definition) is 2. The number of aromatic nitrogens is 2. The highest BCUT2D eigenvalue weighted by Crippen LogP contribution is 2.16. The van der Waals surface area contributed by atoms with Gasteiger partial charge in [-0.3, -0.25) is 0 Å². The first-order valence-corrected chi connectivity index (χ1v) is 5.61. The Bertz CT molecular complexity index is 449. The Kier molecular flexibility index (Phi) is 3.54. The molecule has 0 saturated heterocycles. The summed E-state index contributed by atoms with van der Waals surface area (Å²) in [7, 11) is 2.12. The fourth-order valence-corrected chi connectivity index (χ4v) is 1.87. The SMILES string of the molecule is CN(CCCN)Cc1c[nH]c2ncccc12. The summed E-state index contributed by atoms with van der Waals surface area (Å²) in [5, 5.41) is 1.21. The van der Waals surface area contributed by atoms with Crippen LogP contribution in [-0.2, 0) is 6.54 Å². The Morgan fingerprint density at radius 1 is 1.50 bits per heavy atom. The minimum atomic E-state index is 0.750. The minimum Gasteiger partial charge on any atom is -0.346 e. The van der Waals surface area contributed by atoms with Gasteiger partial charge in [-0.25, -0.2) is 4.98 Å². The van der Waals surface area contributed by atoms with Gasteiger partial charge in [0.05, 0.1) is 0 Å². The van der Waals surface area contributed by atoms with Gasteiger partial charge in [0.2, 0.25) is 0 Å². The Morgan fingerprint density at radius 3 is 3.19 bits per heavy atom. The quantitative estimate of drug-likeness (QED) is 0.796. The number of rotatable bonds is 5. The van der Waals surface area contributed by atoms with Gasteiger partial charge in [-0.15, -0.1) is 0 Å². The van der Waals surface area contributed by atoms with Crippen LogP contribution in [0.3, 0.4) is 0 Å². The molecule has 16 heavy (non-hydrogen) atoms. The lowest BCUT2D eigenvalue weighted by Gasteiger charge is -2.15. The summed E-state index contributed by atoms with van der Waals surface area (Å²) in [4.78, 5) is 9.74. The van der Waals surface area contributed by atoms with Crippen LogP contribution >= 0.6 is 0 Å². The van der Waals surface area contributed by atoms with E-state index in [1.54, 1.807) is 6.20 Å². The molecule has 0 atom stereocenters. The van der Waals surface area contributed by atoms with Crippen LogP contribution in [0.25, 0.3) is 11.0 Å². The smallest absolute Gasteiger partial charge is 0.137 e. The first kappa shape index (κ1) is 11.1. The Labute approximate surface area is 95.5 Å². The molecule has 0 amide bonds. The van der Waals surface area contributed by atoms with Gasteiger partial charge in [-0.1, -0.05) is 0 Å². The Balaban J connectivity index is 2.09. The van der Waals surface area contributed by atoms with E-state index in [4.69, 9.17) is 5.73 Å². The van der Waals surface area contributed by atoms with Gasteiger partial charge in [0.1, 0.15) is 5.65 Å². The maximum atomic E-state index is 5.50. The van der Waals surface area contributed by atoms with Crippen molar-refractivity contribution in [1.82, 2.24) is 14.9 Å². The van der Waals surface area contributed by atoms with Gasteiger partial charge < -0.3 is 15.6 Å². The van der Waals surface area contributed by atoms with E-state index in [0.717, 1.165) is 31.7 Å². The van der Waals surface area contributed by atoms with Crippen molar-refractivity contribution in [1.29, 1.82) is 0 Å². The largest absolute Gasteiger partial charge is 0.346 e. The zero-order chi connectivity index (χ0) is 11.4. The highest BCUT2D eigenvalue weighted by molar-refractivity contribution is 5.79. The molecule has 0 saturated carbocycles. The Hall–Kier alpha value is -1.39. The average Bonchev–Trinajstić information content (AvgIpc) is 2.70. The molecule has 0 aliphatic heterocycles. The van der Waals surface area contributed by atoms with Crippen molar-refractivity contribution in [3.63, 3.8) is 0 Å². The third-order valence-electron chi connectivity index (χ3n) is 2.72. The zero-order valence-electron chi connectivity index (χ0n) is 9.61. The number of nitrogens with two attached hydrogens (primary N) is 1. The van der Waals surface area contributed by atoms with Gasteiger partial charge in [-0.05, 0) is 44.3 Å². The molecule has 0 fully saturated rings. The predicted molar refractivity (Wildman–Crippen MR) is 66.1 cm³/mol. The number of H-pyrrole nitrogens is 1. The molecule has 2 rings (SSSR count). The molecule has 0 unspecified atom stereocenters. The van der Waals surface area contributed by atoms with Gasteiger partial charge in [-0.2, -0.15) is 0 Å². The molecule has 2 heterocycles. The van der Waals surface area contributed by atoms with Crippen LogP contribution in [-0.4, -0.2) is 35.0 Å². The summed E-state index contributed by atoms with van der Waals surface area (Å²) in [5.41, 5.74) is 7.75. The normalized spacial score (nSPS) is 11.4. The molecule has 0 aliphatic rings. The van der Waals surface area contributed by atoms with Crippen molar-refractivity contribution in [3.05, 3.63) is 30.1 Å². The standard InChI is InChI=1S/C12H18N4/c1-16(7-3-5-13)9-10-8-15-12-11(10)4-2-6-14-12/h2,4,6,8H,3,5,7,9,13H2,1H3,(H,14,15). The van der Waals surface area contributed by atoms with Crippen molar-refractivity contribution in [2.45, 2.75) is 13.0 Å². The van der Waals surface area contributed by atoms with E-state index < -0.39 is 0 Å². The maximum Gasteiger partial charge on any atom is 0.137 e. The highest BCUT2D eigenvalue weighted by Gasteiger charge is 2.06. The summed E-state index contributed by atoms with van der Waals surface area (Å²) in [5.74, 6) is 0. The molecule has 2 aromatic heterocycles. The molecule has 0 radical (unpaired) electrons. The molecular weight excluding hydrogens is 200 g/mol. The summed E-state index contributed by atoms with van der Waals surface area (Å²) in [6.45, 7) is 2.72. The van der Waals surface area contributed by atoms with E-state index in [0.29, 0.717) is 0 Å². The van der Waals surface area contributed by atoms with E-state index in [9.17, 15) is 0 Å². The number of fused-ring (bicyclic) bond motifs is 1. The second kappa shape index (κ2) is 5.09.